The number of aryl methyl sites for hydroxylation is 1. The van der Waals surface area contributed by atoms with Crippen molar-refractivity contribution in [3.05, 3.63) is 23.3 Å². The molecule has 0 radical (unpaired) electrons. The van der Waals surface area contributed by atoms with Gasteiger partial charge in [-0.1, -0.05) is 6.92 Å². The van der Waals surface area contributed by atoms with Gasteiger partial charge in [-0.15, -0.1) is 0 Å². The second-order valence-corrected chi connectivity index (χ2v) is 6.30. The fourth-order valence-electron chi connectivity index (χ4n) is 3.41. The van der Waals surface area contributed by atoms with Crippen molar-refractivity contribution in [3.63, 3.8) is 0 Å². The van der Waals surface area contributed by atoms with Crippen LogP contribution in [0.2, 0.25) is 0 Å². The molecule has 0 saturated carbocycles. The molecule has 4 rings (SSSR count). The Morgan fingerprint density at radius 2 is 2.10 bits per heavy atom. The van der Waals surface area contributed by atoms with E-state index in [9.17, 15) is 0 Å². The molecule has 1 aromatic rings. The van der Waals surface area contributed by atoms with E-state index in [0.717, 1.165) is 44.1 Å². The number of nitrogens with one attached hydrogen (secondary N) is 1. The number of hydrogen-bond donors (Lipinski definition) is 1. The van der Waals surface area contributed by atoms with Crippen molar-refractivity contribution in [2.24, 2.45) is 0 Å². The van der Waals surface area contributed by atoms with Gasteiger partial charge in [-0.2, -0.15) is 0 Å². The molecule has 0 spiro atoms. The minimum absolute atomic E-state index is 0.325. The first kappa shape index (κ1) is 14.9. The van der Waals surface area contributed by atoms with E-state index in [1.165, 1.54) is 18.7 Å². The monoisotopic (exact) mass is 289 g/mol. The molecule has 21 heavy (non-hydrogen) atoms. The van der Waals surface area contributed by atoms with Crippen LogP contribution in [0.4, 0.5) is 0 Å². The topological polar surface area (TPSA) is 44.3 Å². The average Bonchev–Trinajstić information content (AvgIpc) is 2.53. The Labute approximate surface area is 127 Å². The zero-order valence-electron chi connectivity index (χ0n) is 13.5. The summed E-state index contributed by atoms with van der Waals surface area (Å²) in [6.07, 6.45) is 3.18. The molecule has 5 nitrogen and oxygen atoms in total. The summed E-state index contributed by atoms with van der Waals surface area (Å²) >= 11 is 0. The molecule has 2 atom stereocenters. The molecule has 5 heteroatoms. The number of rotatable bonds is 5. The average molecular weight is 289 g/mol. The first-order chi connectivity index (χ1) is 10.2. The number of aromatic nitrogens is 2. The highest BCUT2D eigenvalue weighted by Crippen LogP contribution is 2.27. The van der Waals surface area contributed by atoms with Crippen LogP contribution >= 0.6 is 0 Å². The van der Waals surface area contributed by atoms with Crippen LogP contribution in [0.3, 0.4) is 0 Å². The van der Waals surface area contributed by atoms with E-state index in [-0.39, 0.29) is 0 Å². The van der Waals surface area contributed by atoms with Crippen LogP contribution in [0.25, 0.3) is 0 Å². The normalized spacial score (nSPS) is 29.6. The molecule has 0 aliphatic carbocycles. The molecule has 1 aromatic heterocycles. The maximum absolute atomic E-state index is 4.83. The van der Waals surface area contributed by atoms with Crippen LogP contribution in [0, 0.1) is 6.92 Å². The van der Waals surface area contributed by atoms with Gasteiger partial charge in [-0.05, 0) is 26.8 Å². The Bertz CT molecular complexity index is 482. The smallest absolute Gasteiger partial charge is 0.146 e. The van der Waals surface area contributed by atoms with E-state index in [1.807, 2.05) is 6.20 Å². The molecular formula is C16H27N5. The molecule has 3 fully saturated rings. The van der Waals surface area contributed by atoms with Gasteiger partial charge in [0, 0.05) is 56.2 Å². The second kappa shape index (κ2) is 6.38. The largest absolute Gasteiger partial charge is 0.310 e. The molecule has 2 unspecified atom stereocenters. The highest BCUT2D eigenvalue weighted by Gasteiger charge is 2.34. The van der Waals surface area contributed by atoms with Gasteiger partial charge in [0.1, 0.15) is 5.82 Å². The summed E-state index contributed by atoms with van der Waals surface area (Å²) in [5.41, 5.74) is 2.34. The highest BCUT2D eigenvalue weighted by atomic mass is 15.4. The fourth-order valence-corrected chi connectivity index (χ4v) is 3.41. The van der Waals surface area contributed by atoms with E-state index in [2.05, 4.69) is 35.9 Å². The summed E-state index contributed by atoms with van der Waals surface area (Å²) in [7, 11) is 0. The van der Waals surface area contributed by atoms with E-state index in [4.69, 9.17) is 9.97 Å². The lowest BCUT2D eigenvalue weighted by Crippen LogP contribution is -2.57. The van der Waals surface area contributed by atoms with E-state index < -0.39 is 0 Å². The van der Waals surface area contributed by atoms with Crippen LogP contribution < -0.4 is 5.32 Å². The third-order valence-corrected chi connectivity index (χ3v) is 4.78. The van der Waals surface area contributed by atoms with Crippen molar-refractivity contribution in [2.75, 3.05) is 39.3 Å². The van der Waals surface area contributed by atoms with Gasteiger partial charge >= 0.3 is 0 Å². The summed E-state index contributed by atoms with van der Waals surface area (Å²) in [6, 6.07) is 0.713. The van der Waals surface area contributed by atoms with Gasteiger partial charge in [-0.25, -0.2) is 9.97 Å². The Morgan fingerprint density at radius 1 is 1.33 bits per heavy atom. The quantitative estimate of drug-likeness (QED) is 0.890. The lowest BCUT2D eigenvalue weighted by atomic mass is 10.1. The summed E-state index contributed by atoms with van der Waals surface area (Å²) in [6.45, 7) is 13.3. The molecule has 1 N–H and O–H groups in total. The van der Waals surface area contributed by atoms with Crippen LogP contribution in [-0.4, -0.2) is 59.0 Å². The molecule has 0 amide bonds. The SMILES string of the molecule is CCCNC(C)c1cnc(C2CN3CCN2CC3)nc1C. The number of nitrogens with zero attached hydrogens (tertiary/aromatic N) is 4. The van der Waals surface area contributed by atoms with Gasteiger partial charge < -0.3 is 5.32 Å². The first-order valence-electron chi connectivity index (χ1n) is 8.22. The van der Waals surface area contributed by atoms with Gasteiger partial charge in [0.2, 0.25) is 0 Å². The number of piperazine rings is 3. The third-order valence-electron chi connectivity index (χ3n) is 4.78. The van der Waals surface area contributed by atoms with Gasteiger partial charge in [0.05, 0.1) is 6.04 Å². The fraction of sp³-hybridized carbons (Fsp3) is 0.750. The Morgan fingerprint density at radius 3 is 2.67 bits per heavy atom. The lowest BCUT2D eigenvalue weighted by molar-refractivity contribution is 0.00855. The van der Waals surface area contributed by atoms with Crippen molar-refractivity contribution >= 4 is 0 Å². The summed E-state index contributed by atoms with van der Waals surface area (Å²) in [5.74, 6) is 1.00. The summed E-state index contributed by atoms with van der Waals surface area (Å²) in [5, 5.41) is 3.52. The predicted molar refractivity (Wildman–Crippen MR) is 84.2 cm³/mol. The molecule has 3 aliphatic rings. The van der Waals surface area contributed by atoms with Crippen molar-refractivity contribution in [3.8, 4) is 0 Å². The van der Waals surface area contributed by atoms with Crippen LogP contribution in [-0.2, 0) is 0 Å². The molecule has 4 heterocycles. The first-order valence-corrected chi connectivity index (χ1v) is 8.22. The molecule has 3 saturated heterocycles. The summed E-state index contributed by atoms with van der Waals surface area (Å²) in [4.78, 5) is 14.6. The van der Waals surface area contributed by atoms with Crippen molar-refractivity contribution in [2.45, 2.75) is 39.3 Å². The van der Waals surface area contributed by atoms with Gasteiger partial charge in [0.25, 0.3) is 0 Å². The maximum Gasteiger partial charge on any atom is 0.146 e. The second-order valence-electron chi connectivity index (χ2n) is 6.30. The third kappa shape index (κ3) is 3.10. The molecular weight excluding hydrogens is 262 g/mol. The molecule has 0 aromatic carbocycles. The van der Waals surface area contributed by atoms with Crippen molar-refractivity contribution < 1.29 is 0 Å². The van der Waals surface area contributed by atoms with Crippen molar-refractivity contribution in [1.29, 1.82) is 0 Å². The Kier molecular flexibility index (Phi) is 4.52. The van der Waals surface area contributed by atoms with Crippen LogP contribution in [0.5, 0.6) is 0 Å². The van der Waals surface area contributed by atoms with Crippen LogP contribution in [0.15, 0.2) is 6.20 Å². The minimum Gasteiger partial charge on any atom is -0.310 e. The predicted octanol–water partition coefficient (Wildman–Crippen LogP) is 1.52. The Balaban J connectivity index is 1.75. The minimum atomic E-state index is 0.325. The molecule has 116 valence electrons. The standard InChI is InChI=1S/C16H27N5/c1-4-5-17-12(2)14-10-18-16(19-13(14)3)15-11-20-6-8-21(15)9-7-20/h10,12,15,17H,4-9,11H2,1-3H3. The summed E-state index contributed by atoms with van der Waals surface area (Å²) < 4.78 is 0. The number of fused-ring (bicyclic) bond motifs is 3. The maximum atomic E-state index is 4.83. The van der Waals surface area contributed by atoms with Gasteiger partial charge in [0.15, 0.2) is 0 Å². The zero-order chi connectivity index (χ0) is 14.8. The van der Waals surface area contributed by atoms with E-state index >= 15 is 0 Å². The van der Waals surface area contributed by atoms with E-state index in [1.54, 1.807) is 0 Å². The molecule has 3 aliphatic heterocycles. The highest BCUT2D eigenvalue weighted by molar-refractivity contribution is 5.21. The van der Waals surface area contributed by atoms with Crippen LogP contribution in [0.1, 0.15) is 49.4 Å². The zero-order valence-corrected chi connectivity index (χ0v) is 13.5. The van der Waals surface area contributed by atoms with E-state index in [0.29, 0.717) is 12.1 Å². The Hall–Kier alpha value is -1.04. The molecule has 2 bridgehead atoms. The lowest BCUT2D eigenvalue weighted by Gasteiger charge is -2.46. The number of hydrogen-bond acceptors (Lipinski definition) is 5. The van der Waals surface area contributed by atoms with Crippen molar-refractivity contribution in [1.82, 2.24) is 25.1 Å². The van der Waals surface area contributed by atoms with Gasteiger partial charge in [-0.3, -0.25) is 9.80 Å².